The lowest BCUT2D eigenvalue weighted by atomic mass is 9.84. The summed E-state index contributed by atoms with van der Waals surface area (Å²) < 4.78 is 13.7. The number of halogens is 1. The van der Waals surface area contributed by atoms with Crippen molar-refractivity contribution >= 4 is 0 Å². The number of nitrogens with zero attached hydrogens (tertiary/aromatic N) is 1. The summed E-state index contributed by atoms with van der Waals surface area (Å²) in [5.74, 6) is -0.485. The highest BCUT2D eigenvalue weighted by Crippen LogP contribution is 2.33. The average molecular weight is 231 g/mol. The van der Waals surface area contributed by atoms with Crippen molar-refractivity contribution in [3.05, 3.63) is 65.7 Å². The predicted molar refractivity (Wildman–Crippen MR) is 63.9 cm³/mol. The van der Waals surface area contributed by atoms with Gasteiger partial charge in [-0.15, -0.1) is 0 Å². The number of rotatable bonds is 3. The van der Waals surface area contributed by atoms with Gasteiger partial charge in [0.15, 0.2) is 0 Å². The molecule has 1 aromatic heterocycles. The Balaban J connectivity index is 2.56. The highest BCUT2D eigenvalue weighted by atomic mass is 19.1. The van der Waals surface area contributed by atoms with Crippen molar-refractivity contribution in [2.75, 3.05) is 0 Å². The van der Waals surface area contributed by atoms with Gasteiger partial charge in [0.1, 0.15) is 11.4 Å². The number of pyridine rings is 1. The van der Waals surface area contributed by atoms with Crippen molar-refractivity contribution in [3.63, 3.8) is 0 Å². The smallest absolute Gasteiger partial charge is 0.147 e. The number of benzene rings is 1. The van der Waals surface area contributed by atoms with Gasteiger partial charge in [-0.25, -0.2) is 4.39 Å². The molecule has 0 bridgehead atoms. The first-order valence-electron chi connectivity index (χ1n) is 5.56. The molecule has 0 radical (unpaired) electrons. The maximum absolute atomic E-state index is 13.7. The normalized spacial score (nSPS) is 14.3. The van der Waals surface area contributed by atoms with Crippen LogP contribution in [0, 0.1) is 5.82 Å². The third kappa shape index (κ3) is 2.06. The van der Waals surface area contributed by atoms with Crippen LogP contribution >= 0.6 is 0 Å². The van der Waals surface area contributed by atoms with E-state index in [2.05, 4.69) is 4.98 Å². The third-order valence-electron chi connectivity index (χ3n) is 2.98. The van der Waals surface area contributed by atoms with E-state index in [0.717, 1.165) is 6.20 Å². The molecule has 0 amide bonds. The van der Waals surface area contributed by atoms with Crippen molar-refractivity contribution in [3.8, 4) is 0 Å². The lowest BCUT2D eigenvalue weighted by Gasteiger charge is -2.28. The molecule has 0 aliphatic heterocycles. The first-order chi connectivity index (χ1) is 8.18. The maximum atomic E-state index is 13.7. The third-order valence-corrected chi connectivity index (χ3v) is 2.98. The zero-order chi connectivity index (χ0) is 12.3. The Morgan fingerprint density at radius 1 is 1.24 bits per heavy atom. The first kappa shape index (κ1) is 11.7. The van der Waals surface area contributed by atoms with Crippen LogP contribution in [0.2, 0.25) is 0 Å². The van der Waals surface area contributed by atoms with Gasteiger partial charge in [-0.2, -0.15) is 0 Å². The van der Waals surface area contributed by atoms with Gasteiger partial charge in [0.25, 0.3) is 0 Å². The monoisotopic (exact) mass is 231 g/mol. The lowest BCUT2D eigenvalue weighted by molar-refractivity contribution is 0.0724. The maximum Gasteiger partial charge on any atom is 0.147 e. The van der Waals surface area contributed by atoms with E-state index in [4.69, 9.17) is 0 Å². The molecule has 0 saturated carbocycles. The molecule has 88 valence electrons. The van der Waals surface area contributed by atoms with Crippen LogP contribution in [-0.4, -0.2) is 10.1 Å². The molecule has 0 saturated heterocycles. The fourth-order valence-electron chi connectivity index (χ4n) is 1.97. The number of aromatic nitrogens is 1. The Morgan fingerprint density at radius 3 is 2.53 bits per heavy atom. The van der Waals surface area contributed by atoms with Gasteiger partial charge >= 0.3 is 0 Å². The first-order valence-corrected chi connectivity index (χ1v) is 5.56. The molecule has 17 heavy (non-hydrogen) atoms. The molecule has 2 aromatic rings. The van der Waals surface area contributed by atoms with Gasteiger partial charge in [0, 0.05) is 11.8 Å². The van der Waals surface area contributed by atoms with Gasteiger partial charge in [0.05, 0.1) is 6.20 Å². The summed E-state index contributed by atoms with van der Waals surface area (Å²) in [6.07, 6.45) is 3.01. The highest BCUT2D eigenvalue weighted by Gasteiger charge is 2.31. The molecule has 1 heterocycles. The Labute approximate surface area is 99.8 Å². The van der Waals surface area contributed by atoms with Gasteiger partial charge in [0.2, 0.25) is 0 Å². The van der Waals surface area contributed by atoms with Crippen molar-refractivity contribution in [1.82, 2.24) is 4.98 Å². The second kappa shape index (κ2) is 4.63. The number of aliphatic hydroxyl groups is 1. The summed E-state index contributed by atoms with van der Waals surface area (Å²) in [4.78, 5) is 3.70. The van der Waals surface area contributed by atoms with E-state index < -0.39 is 11.4 Å². The van der Waals surface area contributed by atoms with Crippen molar-refractivity contribution in [1.29, 1.82) is 0 Å². The molecule has 2 nitrogen and oxygen atoms in total. The molecular weight excluding hydrogens is 217 g/mol. The van der Waals surface area contributed by atoms with Gasteiger partial charge in [-0.05, 0) is 18.1 Å². The average Bonchev–Trinajstić information content (AvgIpc) is 2.39. The van der Waals surface area contributed by atoms with Crippen LogP contribution in [0.1, 0.15) is 24.5 Å². The topological polar surface area (TPSA) is 33.1 Å². The molecule has 1 atom stereocenters. The van der Waals surface area contributed by atoms with Crippen LogP contribution in [0.25, 0.3) is 0 Å². The Kier molecular flexibility index (Phi) is 3.20. The van der Waals surface area contributed by atoms with Crippen molar-refractivity contribution in [2.24, 2.45) is 0 Å². The minimum atomic E-state index is -1.30. The number of hydrogen-bond donors (Lipinski definition) is 1. The van der Waals surface area contributed by atoms with Crippen LogP contribution < -0.4 is 0 Å². The summed E-state index contributed by atoms with van der Waals surface area (Å²) in [5, 5.41) is 10.7. The van der Waals surface area contributed by atoms with Crippen molar-refractivity contribution < 1.29 is 9.50 Å². The van der Waals surface area contributed by atoms with Crippen molar-refractivity contribution in [2.45, 2.75) is 18.9 Å². The summed E-state index contributed by atoms with van der Waals surface area (Å²) in [6, 6.07) is 10.6. The highest BCUT2D eigenvalue weighted by molar-refractivity contribution is 5.35. The van der Waals surface area contributed by atoms with Gasteiger partial charge in [-0.1, -0.05) is 37.3 Å². The van der Waals surface area contributed by atoms with Crippen LogP contribution in [-0.2, 0) is 5.60 Å². The Bertz CT molecular complexity index is 501. The molecule has 2 rings (SSSR count). The Hall–Kier alpha value is -1.74. The second-order valence-corrected chi connectivity index (χ2v) is 3.94. The molecular formula is C14H14FNO. The quantitative estimate of drug-likeness (QED) is 0.881. The molecule has 0 fully saturated rings. The standard InChI is InChI=1S/C14H14FNO/c1-2-14(17,11-6-4-3-5-7-11)12-8-9-16-10-13(12)15/h3-10,17H,2H2,1H3. The Morgan fingerprint density at radius 2 is 1.94 bits per heavy atom. The molecule has 1 unspecified atom stereocenters. The van der Waals surface area contributed by atoms with E-state index in [0.29, 0.717) is 12.0 Å². The van der Waals surface area contributed by atoms with Gasteiger partial charge in [-0.3, -0.25) is 4.98 Å². The van der Waals surface area contributed by atoms with E-state index in [9.17, 15) is 9.50 Å². The van der Waals surface area contributed by atoms with Crippen LogP contribution in [0.3, 0.4) is 0 Å². The molecule has 1 aromatic carbocycles. The largest absolute Gasteiger partial charge is 0.380 e. The second-order valence-electron chi connectivity index (χ2n) is 3.94. The van der Waals surface area contributed by atoms with E-state index in [-0.39, 0.29) is 5.56 Å². The summed E-state index contributed by atoms with van der Waals surface area (Å²) in [7, 11) is 0. The van der Waals surface area contributed by atoms with Crippen LogP contribution in [0.5, 0.6) is 0 Å². The molecule has 0 aliphatic rings. The minimum absolute atomic E-state index is 0.265. The summed E-state index contributed by atoms with van der Waals surface area (Å²) in [6.45, 7) is 1.83. The van der Waals surface area contributed by atoms with Gasteiger partial charge < -0.3 is 5.11 Å². The fourth-order valence-corrected chi connectivity index (χ4v) is 1.97. The SMILES string of the molecule is CCC(O)(c1ccccc1)c1ccncc1F. The summed E-state index contributed by atoms with van der Waals surface area (Å²) in [5.41, 5.74) is -0.345. The lowest BCUT2D eigenvalue weighted by Crippen LogP contribution is -2.27. The van der Waals surface area contributed by atoms with Crippen LogP contribution in [0.4, 0.5) is 4.39 Å². The van der Waals surface area contributed by atoms with E-state index in [1.54, 1.807) is 12.1 Å². The van der Waals surface area contributed by atoms with E-state index in [1.807, 2.05) is 25.1 Å². The fraction of sp³-hybridized carbons (Fsp3) is 0.214. The molecule has 0 aliphatic carbocycles. The van der Waals surface area contributed by atoms with E-state index in [1.165, 1.54) is 12.3 Å². The zero-order valence-electron chi connectivity index (χ0n) is 9.60. The van der Waals surface area contributed by atoms with Crippen LogP contribution in [0.15, 0.2) is 48.8 Å². The molecule has 0 spiro atoms. The molecule has 3 heteroatoms. The molecule has 1 N–H and O–H groups in total. The minimum Gasteiger partial charge on any atom is -0.380 e. The zero-order valence-corrected chi connectivity index (χ0v) is 9.60. The summed E-state index contributed by atoms with van der Waals surface area (Å²) >= 11 is 0. The number of hydrogen-bond acceptors (Lipinski definition) is 2. The predicted octanol–water partition coefficient (Wildman–Crippen LogP) is 2.87. The van der Waals surface area contributed by atoms with E-state index >= 15 is 0 Å².